The van der Waals surface area contributed by atoms with Crippen molar-refractivity contribution in [1.82, 2.24) is 4.90 Å². The van der Waals surface area contributed by atoms with Gasteiger partial charge in [0, 0.05) is 5.54 Å². The van der Waals surface area contributed by atoms with Crippen LogP contribution in [0, 0.1) is 11.3 Å². The van der Waals surface area contributed by atoms with Crippen LogP contribution in [0.15, 0.2) is 0 Å². The third kappa shape index (κ3) is 4.09. The predicted molar refractivity (Wildman–Crippen MR) is 47.6 cm³/mol. The Kier molecular flexibility index (Phi) is 3.91. The van der Waals surface area contributed by atoms with Crippen LogP contribution >= 0.6 is 0 Å². The molecule has 0 aliphatic carbocycles. The Hall–Kier alpha value is -0.880. The number of carbonyl (C=O) groups excluding carboxylic acids is 1. The van der Waals surface area contributed by atoms with Crippen molar-refractivity contribution in [3.8, 4) is 6.07 Å². The SMILES string of the molecule is CN(CC(=O)CC#N)C(C)(C)C. The zero-order valence-corrected chi connectivity index (χ0v) is 8.22. The standard InChI is InChI=1S/C9H16N2O/c1-9(2,3)11(4)7-8(12)5-6-10/h5,7H2,1-4H3. The molecule has 3 heteroatoms. The fraction of sp³-hybridized carbons (Fsp3) is 0.778. The molecule has 0 atom stereocenters. The van der Waals surface area contributed by atoms with Crippen LogP contribution in [0.5, 0.6) is 0 Å². The molecular weight excluding hydrogens is 152 g/mol. The fourth-order valence-electron chi connectivity index (χ4n) is 0.646. The van der Waals surface area contributed by atoms with Crippen molar-refractivity contribution >= 4 is 5.78 Å². The van der Waals surface area contributed by atoms with Gasteiger partial charge in [-0.15, -0.1) is 0 Å². The van der Waals surface area contributed by atoms with E-state index in [4.69, 9.17) is 5.26 Å². The van der Waals surface area contributed by atoms with Crippen molar-refractivity contribution in [3.63, 3.8) is 0 Å². The highest BCUT2D eigenvalue weighted by Crippen LogP contribution is 2.09. The minimum Gasteiger partial charge on any atom is -0.297 e. The van der Waals surface area contributed by atoms with Crippen molar-refractivity contribution in [2.75, 3.05) is 13.6 Å². The van der Waals surface area contributed by atoms with Crippen LogP contribution in [0.2, 0.25) is 0 Å². The van der Waals surface area contributed by atoms with E-state index < -0.39 is 0 Å². The van der Waals surface area contributed by atoms with Crippen molar-refractivity contribution < 1.29 is 4.79 Å². The topological polar surface area (TPSA) is 44.1 Å². The number of ketones is 1. The molecule has 0 N–H and O–H groups in total. The van der Waals surface area contributed by atoms with Gasteiger partial charge in [0.2, 0.25) is 0 Å². The van der Waals surface area contributed by atoms with Gasteiger partial charge < -0.3 is 0 Å². The fourth-order valence-corrected chi connectivity index (χ4v) is 0.646. The third-order valence-corrected chi connectivity index (χ3v) is 1.83. The molecule has 0 aliphatic rings. The monoisotopic (exact) mass is 168 g/mol. The van der Waals surface area contributed by atoms with Gasteiger partial charge in [0.05, 0.1) is 19.0 Å². The van der Waals surface area contributed by atoms with Crippen LogP contribution in [-0.2, 0) is 4.79 Å². The number of hydrogen-bond acceptors (Lipinski definition) is 3. The predicted octanol–water partition coefficient (Wildman–Crippen LogP) is 1.20. The van der Waals surface area contributed by atoms with Crippen LogP contribution in [0.4, 0.5) is 0 Å². The minimum absolute atomic E-state index is 0.00881. The Morgan fingerprint density at radius 3 is 2.33 bits per heavy atom. The molecule has 68 valence electrons. The number of carbonyl (C=O) groups is 1. The molecule has 0 fully saturated rings. The van der Waals surface area contributed by atoms with Gasteiger partial charge in [0.15, 0.2) is 5.78 Å². The van der Waals surface area contributed by atoms with Gasteiger partial charge in [-0.2, -0.15) is 5.26 Å². The smallest absolute Gasteiger partial charge is 0.160 e. The largest absolute Gasteiger partial charge is 0.297 e. The summed E-state index contributed by atoms with van der Waals surface area (Å²) in [6, 6.07) is 1.85. The third-order valence-electron chi connectivity index (χ3n) is 1.83. The van der Waals surface area contributed by atoms with Gasteiger partial charge in [-0.3, -0.25) is 9.69 Å². The Balaban J connectivity index is 3.95. The van der Waals surface area contributed by atoms with Crippen molar-refractivity contribution in [2.24, 2.45) is 0 Å². The molecule has 0 unspecified atom stereocenters. The van der Waals surface area contributed by atoms with Crippen molar-refractivity contribution in [2.45, 2.75) is 32.7 Å². The van der Waals surface area contributed by atoms with Gasteiger partial charge in [-0.05, 0) is 27.8 Å². The highest BCUT2D eigenvalue weighted by Gasteiger charge is 2.18. The van der Waals surface area contributed by atoms with E-state index in [1.54, 1.807) is 0 Å². The van der Waals surface area contributed by atoms with E-state index in [-0.39, 0.29) is 17.7 Å². The van der Waals surface area contributed by atoms with Gasteiger partial charge in [-0.1, -0.05) is 0 Å². The lowest BCUT2D eigenvalue weighted by Gasteiger charge is -2.30. The maximum atomic E-state index is 11.0. The molecule has 0 spiro atoms. The molecule has 3 nitrogen and oxygen atoms in total. The first-order valence-corrected chi connectivity index (χ1v) is 3.98. The molecule has 0 bridgehead atoms. The van der Waals surface area contributed by atoms with E-state index in [1.807, 2.05) is 38.8 Å². The molecule has 0 aromatic heterocycles. The Bertz CT molecular complexity index is 198. The average molecular weight is 168 g/mol. The summed E-state index contributed by atoms with van der Waals surface area (Å²) in [6.07, 6.45) is 0.0143. The maximum absolute atomic E-state index is 11.0. The summed E-state index contributed by atoms with van der Waals surface area (Å²) in [6.45, 7) is 6.46. The minimum atomic E-state index is -0.0186. The second-order valence-corrected chi connectivity index (χ2v) is 3.90. The number of nitrogens with zero attached hydrogens (tertiary/aromatic N) is 2. The maximum Gasteiger partial charge on any atom is 0.160 e. The summed E-state index contributed by atoms with van der Waals surface area (Å²) in [5.74, 6) is -0.0186. The quantitative estimate of drug-likeness (QED) is 0.636. The van der Waals surface area contributed by atoms with E-state index in [1.165, 1.54) is 0 Å². The van der Waals surface area contributed by atoms with Gasteiger partial charge in [-0.25, -0.2) is 0 Å². The summed E-state index contributed by atoms with van der Waals surface area (Å²) in [5.41, 5.74) is -0.00881. The number of likely N-dealkylation sites (N-methyl/N-ethyl adjacent to an activating group) is 1. The van der Waals surface area contributed by atoms with Crippen LogP contribution in [0.25, 0.3) is 0 Å². The summed E-state index contributed by atoms with van der Waals surface area (Å²) >= 11 is 0. The highest BCUT2D eigenvalue weighted by molar-refractivity contribution is 5.82. The summed E-state index contributed by atoms with van der Waals surface area (Å²) in [4.78, 5) is 13.0. The lowest BCUT2D eigenvalue weighted by Crippen LogP contribution is -2.41. The van der Waals surface area contributed by atoms with E-state index in [0.717, 1.165) is 0 Å². The first kappa shape index (κ1) is 11.1. The highest BCUT2D eigenvalue weighted by atomic mass is 16.1. The first-order valence-electron chi connectivity index (χ1n) is 3.98. The van der Waals surface area contributed by atoms with E-state index in [2.05, 4.69) is 0 Å². The normalized spacial score (nSPS) is 11.3. The summed E-state index contributed by atoms with van der Waals surface area (Å²) in [7, 11) is 1.88. The number of rotatable bonds is 3. The molecule has 0 saturated carbocycles. The average Bonchev–Trinajstić information content (AvgIpc) is 1.85. The molecular formula is C9H16N2O. The van der Waals surface area contributed by atoms with Crippen LogP contribution in [0.1, 0.15) is 27.2 Å². The molecule has 0 saturated heterocycles. The molecule has 12 heavy (non-hydrogen) atoms. The zero-order chi connectivity index (χ0) is 9.78. The van der Waals surface area contributed by atoms with E-state index in [9.17, 15) is 4.79 Å². The van der Waals surface area contributed by atoms with Crippen molar-refractivity contribution in [1.29, 1.82) is 5.26 Å². The Labute approximate surface area is 74.0 Å². The summed E-state index contributed by atoms with van der Waals surface area (Å²) < 4.78 is 0. The van der Waals surface area contributed by atoms with Crippen LogP contribution < -0.4 is 0 Å². The Morgan fingerprint density at radius 2 is 2.00 bits per heavy atom. The van der Waals surface area contributed by atoms with Crippen molar-refractivity contribution in [3.05, 3.63) is 0 Å². The molecule has 0 radical (unpaired) electrons. The van der Waals surface area contributed by atoms with Gasteiger partial charge in [0.1, 0.15) is 0 Å². The van der Waals surface area contributed by atoms with Crippen LogP contribution in [-0.4, -0.2) is 29.8 Å². The first-order chi connectivity index (χ1) is 5.38. The second-order valence-electron chi connectivity index (χ2n) is 3.90. The van der Waals surface area contributed by atoms with E-state index >= 15 is 0 Å². The molecule has 0 rings (SSSR count). The number of Topliss-reactive ketones (excluding diaryl/α,β-unsaturated/α-hetero) is 1. The Morgan fingerprint density at radius 1 is 1.50 bits per heavy atom. The number of hydrogen-bond donors (Lipinski definition) is 0. The van der Waals surface area contributed by atoms with E-state index in [0.29, 0.717) is 6.54 Å². The zero-order valence-electron chi connectivity index (χ0n) is 8.22. The lowest BCUT2D eigenvalue weighted by molar-refractivity contribution is -0.120. The molecule has 0 aromatic carbocycles. The molecule has 0 aromatic rings. The molecule has 0 amide bonds. The molecule has 0 heterocycles. The molecule has 0 aliphatic heterocycles. The van der Waals surface area contributed by atoms with Gasteiger partial charge in [0.25, 0.3) is 0 Å². The number of nitriles is 1. The summed E-state index contributed by atoms with van der Waals surface area (Å²) in [5, 5.41) is 8.26. The van der Waals surface area contributed by atoms with Crippen LogP contribution in [0.3, 0.4) is 0 Å². The lowest BCUT2D eigenvalue weighted by atomic mass is 10.1. The van der Waals surface area contributed by atoms with Gasteiger partial charge >= 0.3 is 0 Å². The second kappa shape index (κ2) is 4.22.